The van der Waals surface area contributed by atoms with Crippen LogP contribution in [0, 0.1) is 13.8 Å². The molecule has 0 saturated heterocycles. The number of alkyl halides is 3. The van der Waals surface area contributed by atoms with Crippen LogP contribution in [0.2, 0.25) is 0 Å². The number of aromatic nitrogens is 4. The number of benzene rings is 3. The fourth-order valence-corrected chi connectivity index (χ4v) is 5.07. The monoisotopic (exact) mass is 611 g/mol. The predicted molar refractivity (Wildman–Crippen MR) is 167 cm³/mol. The molecular weight excluding hydrogens is 583 g/mol. The highest BCUT2D eigenvalue weighted by Gasteiger charge is 2.32. The van der Waals surface area contributed by atoms with Crippen molar-refractivity contribution in [3.05, 3.63) is 113 Å². The third kappa shape index (κ3) is 6.21. The molecule has 1 aliphatic rings. The van der Waals surface area contributed by atoms with Gasteiger partial charge >= 0.3 is 6.18 Å². The molecule has 9 nitrogen and oxygen atoms in total. The Morgan fingerprint density at radius 2 is 1.80 bits per heavy atom. The van der Waals surface area contributed by atoms with Crippen molar-refractivity contribution in [3.8, 4) is 5.69 Å². The SMILES string of the molecule is CCc1nc(C)c(C=C2C(=O)Nc3cc(Nc4cccc(NC(=O)c5cc(-n6cnc(C)c6)cc(C(F)(F)F)c5)c4)ccc32)[nH]1. The van der Waals surface area contributed by atoms with Crippen LogP contribution in [0.4, 0.5) is 35.9 Å². The maximum Gasteiger partial charge on any atom is 0.416 e. The van der Waals surface area contributed by atoms with Gasteiger partial charge in [-0.2, -0.15) is 13.2 Å². The number of H-pyrrole nitrogens is 1. The highest BCUT2D eigenvalue weighted by Crippen LogP contribution is 2.36. The smallest absolute Gasteiger partial charge is 0.355 e. The van der Waals surface area contributed by atoms with Gasteiger partial charge in [-0.15, -0.1) is 0 Å². The molecule has 6 rings (SSSR count). The van der Waals surface area contributed by atoms with E-state index in [1.54, 1.807) is 49.5 Å². The average molecular weight is 612 g/mol. The summed E-state index contributed by atoms with van der Waals surface area (Å²) in [5, 5.41) is 8.84. The maximum atomic E-state index is 13.7. The molecule has 0 atom stereocenters. The number of rotatable bonds is 7. The third-order valence-electron chi connectivity index (χ3n) is 7.32. The van der Waals surface area contributed by atoms with E-state index in [9.17, 15) is 22.8 Å². The van der Waals surface area contributed by atoms with Gasteiger partial charge in [-0.05, 0) is 68.5 Å². The van der Waals surface area contributed by atoms with Crippen molar-refractivity contribution in [2.24, 2.45) is 0 Å². The number of nitrogens with zero attached hydrogens (tertiary/aromatic N) is 3. The predicted octanol–water partition coefficient (Wildman–Crippen LogP) is 7.28. The van der Waals surface area contributed by atoms with E-state index in [0.29, 0.717) is 34.0 Å². The van der Waals surface area contributed by atoms with Crippen molar-refractivity contribution in [2.45, 2.75) is 33.4 Å². The number of imidazole rings is 2. The lowest BCUT2D eigenvalue weighted by Crippen LogP contribution is -2.15. The van der Waals surface area contributed by atoms with E-state index in [4.69, 9.17) is 0 Å². The van der Waals surface area contributed by atoms with Crippen molar-refractivity contribution >= 4 is 46.2 Å². The second-order valence-electron chi connectivity index (χ2n) is 10.7. The van der Waals surface area contributed by atoms with Crippen molar-refractivity contribution in [3.63, 3.8) is 0 Å². The maximum absolute atomic E-state index is 13.7. The minimum atomic E-state index is -4.65. The topological polar surface area (TPSA) is 117 Å². The van der Waals surface area contributed by atoms with Gasteiger partial charge < -0.3 is 25.5 Å². The highest BCUT2D eigenvalue weighted by molar-refractivity contribution is 6.35. The summed E-state index contributed by atoms with van der Waals surface area (Å²) in [6.07, 6.45) is 0.880. The molecule has 45 heavy (non-hydrogen) atoms. The van der Waals surface area contributed by atoms with Crippen LogP contribution in [-0.4, -0.2) is 31.3 Å². The van der Waals surface area contributed by atoms with Gasteiger partial charge in [0.15, 0.2) is 0 Å². The van der Waals surface area contributed by atoms with E-state index in [1.165, 1.54) is 17.0 Å². The molecule has 0 unspecified atom stereocenters. The number of anilines is 4. The first-order valence-electron chi connectivity index (χ1n) is 14.1. The van der Waals surface area contributed by atoms with Crippen LogP contribution in [0.3, 0.4) is 0 Å². The number of aromatic amines is 1. The summed E-state index contributed by atoms with van der Waals surface area (Å²) >= 11 is 0. The Hall–Kier alpha value is -5.65. The summed E-state index contributed by atoms with van der Waals surface area (Å²) in [6, 6.07) is 15.4. The number of hydrogen-bond donors (Lipinski definition) is 4. The fraction of sp³-hybridized carbons (Fsp3) is 0.152. The molecule has 0 radical (unpaired) electrons. The second kappa shape index (κ2) is 11.5. The minimum Gasteiger partial charge on any atom is -0.355 e. The van der Waals surface area contributed by atoms with Crippen LogP contribution in [-0.2, 0) is 17.4 Å². The zero-order chi connectivity index (χ0) is 31.9. The molecule has 2 aromatic heterocycles. The number of fused-ring (bicyclic) bond motifs is 1. The first-order valence-corrected chi connectivity index (χ1v) is 14.1. The number of hydrogen-bond acceptors (Lipinski definition) is 5. The molecule has 2 amide bonds. The molecule has 0 fully saturated rings. The van der Waals surface area contributed by atoms with Crippen LogP contribution in [0.15, 0.2) is 73.2 Å². The van der Waals surface area contributed by atoms with E-state index in [-0.39, 0.29) is 17.2 Å². The Morgan fingerprint density at radius 3 is 2.51 bits per heavy atom. The lowest BCUT2D eigenvalue weighted by atomic mass is 10.0. The van der Waals surface area contributed by atoms with Crippen molar-refractivity contribution in [2.75, 3.05) is 16.0 Å². The summed E-state index contributed by atoms with van der Waals surface area (Å²) in [5.74, 6) is -0.0747. The molecule has 228 valence electrons. The Kier molecular flexibility index (Phi) is 7.49. The van der Waals surface area contributed by atoms with Crippen molar-refractivity contribution in [1.29, 1.82) is 0 Å². The van der Waals surface area contributed by atoms with Gasteiger partial charge in [0.25, 0.3) is 11.8 Å². The van der Waals surface area contributed by atoms with Crippen LogP contribution < -0.4 is 16.0 Å². The molecule has 0 spiro atoms. The zero-order valence-corrected chi connectivity index (χ0v) is 24.5. The van der Waals surface area contributed by atoms with Gasteiger partial charge in [-0.25, -0.2) is 9.97 Å². The normalized spacial score (nSPS) is 13.6. The molecule has 0 aliphatic carbocycles. The Bertz CT molecular complexity index is 1990. The Balaban J connectivity index is 1.21. The van der Waals surface area contributed by atoms with Crippen molar-refractivity contribution < 1.29 is 22.8 Å². The van der Waals surface area contributed by atoms with Crippen LogP contribution in [0.25, 0.3) is 17.3 Å². The van der Waals surface area contributed by atoms with E-state index in [2.05, 4.69) is 30.9 Å². The Morgan fingerprint density at radius 1 is 1.02 bits per heavy atom. The number of carbonyl (C=O) groups is 2. The van der Waals surface area contributed by atoms with Crippen LogP contribution in [0.1, 0.15) is 51.3 Å². The van der Waals surface area contributed by atoms with Crippen LogP contribution in [0.5, 0.6) is 0 Å². The quantitative estimate of drug-likeness (QED) is 0.144. The molecule has 3 heterocycles. The summed E-state index contributed by atoms with van der Waals surface area (Å²) in [7, 11) is 0. The first kappa shape index (κ1) is 29.4. The van der Waals surface area contributed by atoms with Gasteiger partial charge in [0.1, 0.15) is 5.82 Å². The molecule has 5 aromatic rings. The second-order valence-corrected chi connectivity index (χ2v) is 10.7. The number of amides is 2. The van der Waals surface area contributed by atoms with Crippen LogP contribution >= 0.6 is 0 Å². The van der Waals surface area contributed by atoms with E-state index >= 15 is 0 Å². The molecule has 4 N–H and O–H groups in total. The summed E-state index contributed by atoms with van der Waals surface area (Å²) in [4.78, 5) is 37.7. The van der Waals surface area contributed by atoms with Gasteiger partial charge in [0.05, 0.1) is 40.2 Å². The lowest BCUT2D eigenvalue weighted by Gasteiger charge is -2.14. The van der Waals surface area contributed by atoms with Gasteiger partial charge in [-0.1, -0.05) is 19.1 Å². The number of aryl methyl sites for hydroxylation is 3. The Labute approximate surface area is 256 Å². The van der Waals surface area contributed by atoms with E-state index in [1.807, 2.05) is 26.0 Å². The molecule has 0 saturated carbocycles. The first-order chi connectivity index (χ1) is 21.5. The molecule has 1 aliphatic heterocycles. The number of halogens is 3. The minimum absolute atomic E-state index is 0.154. The zero-order valence-electron chi connectivity index (χ0n) is 24.5. The third-order valence-corrected chi connectivity index (χ3v) is 7.32. The molecular formula is C33H28F3N7O2. The molecule has 0 bridgehead atoms. The largest absolute Gasteiger partial charge is 0.416 e. The summed E-state index contributed by atoms with van der Waals surface area (Å²) in [5.41, 5.74) is 4.88. The summed E-state index contributed by atoms with van der Waals surface area (Å²) < 4.78 is 42.5. The van der Waals surface area contributed by atoms with Gasteiger partial charge in [0, 0.05) is 46.5 Å². The fourth-order valence-electron chi connectivity index (χ4n) is 5.07. The van der Waals surface area contributed by atoms with Gasteiger partial charge in [0.2, 0.25) is 0 Å². The molecule has 12 heteroatoms. The van der Waals surface area contributed by atoms with E-state index in [0.717, 1.165) is 41.3 Å². The highest BCUT2D eigenvalue weighted by atomic mass is 19.4. The van der Waals surface area contributed by atoms with Crippen molar-refractivity contribution in [1.82, 2.24) is 19.5 Å². The van der Waals surface area contributed by atoms with E-state index < -0.39 is 17.6 Å². The lowest BCUT2D eigenvalue weighted by molar-refractivity contribution is -0.137. The average Bonchev–Trinajstić information content (AvgIpc) is 3.68. The standard InChI is InChI=1S/C33H28F3N7O2/c1-4-30-38-19(3)28(41-30)15-27-26-9-8-24(14-29(26)42-32(27)45)39-22-6-5-7-23(13-22)40-31(44)20-10-21(33(34,35)36)12-25(11-20)43-16-18(2)37-17-43/h5-17,39H,4H2,1-3H3,(H,38,41)(H,40,44)(H,42,45). The molecule has 3 aromatic carbocycles. The number of carbonyl (C=O) groups excluding carboxylic acids is 2. The van der Waals surface area contributed by atoms with Gasteiger partial charge in [-0.3, -0.25) is 9.59 Å². The number of nitrogens with one attached hydrogen (secondary N) is 4. The summed E-state index contributed by atoms with van der Waals surface area (Å²) in [6.45, 7) is 5.61.